The Morgan fingerprint density at radius 1 is 1.47 bits per heavy atom. The van der Waals surface area contributed by atoms with E-state index in [1.165, 1.54) is 5.56 Å². The SMILES string of the molecule is COc1cccc(CN2CCC(N)C2(C)C)c1. The highest BCUT2D eigenvalue weighted by Crippen LogP contribution is 2.29. The zero-order valence-electron chi connectivity index (χ0n) is 10.9. The number of methoxy groups -OCH3 is 1. The summed E-state index contributed by atoms with van der Waals surface area (Å²) in [7, 11) is 1.70. The Morgan fingerprint density at radius 3 is 2.82 bits per heavy atom. The third kappa shape index (κ3) is 2.45. The van der Waals surface area contributed by atoms with Gasteiger partial charge in [0.05, 0.1) is 7.11 Å². The van der Waals surface area contributed by atoms with Gasteiger partial charge in [0, 0.05) is 24.7 Å². The summed E-state index contributed by atoms with van der Waals surface area (Å²) in [4.78, 5) is 2.45. The van der Waals surface area contributed by atoms with E-state index >= 15 is 0 Å². The van der Waals surface area contributed by atoms with Crippen LogP contribution in [0.2, 0.25) is 0 Å². The average molecular weight is 234 g/mol. The van der Waals surface area contributed by atoms with E-state index in [9.17, 15) is 0 Å². The van der Waals surface area contributed by atoms with Crippen molar-refractivity contribution in [2.45, 2.75) is 38.4 Å². The molecular weight excluding hydrogens is 212 g/mol. The highest BCUT2D eigenvalue weighted by atomic mass is 16.5. The normalized spacial score (nSPS) is 23.9. The van der Waals surface area contributed by atoms with Crippen molar-refractivity contribution in [3.8, 4) is 5.75 Å². The van der Waals surface area contributed by atoms with Gasteiger partial charge in [0.15, 0.2) is 0 Å². The number of benzene rings is 1. The molecule has 1 heterocycles. The molecular formula is C14H22N2O. The van der Waals surface area contributed by atoms with Crippen LogP contribution in [-0.2, 0) is 6.54 Å². The Hall–Kier alpha value is -1.06. The number of nitrogens with zero attached hydrogens (tertiary/aromatic N) is 1. The van der Waals surface area contributed by atoms with Crippen LogP contribution in [0, 0.1) is 0 Å². The molecule has 1 aliphatic rings. The van der Waals surface area contributed by atoms with E-state index < -0.39 is 0 Å². The standard InChI is InChI=1S/C14H22N2O/c1-14(2)13(15)7-8-16(14)10-11-5-4-6-12(9-11)17-3/h4-6,9,13H,7-8,10,15H2,1-3H3. The maximum atomic E-state index is 6.15. The first-order valence-corrected chi connectivity index (χ1v) is 6.17. The van der Waals surface area contributed by atoms with Crippen molar-refractivity contribution in [2.24, 2.45) is 5.73 Å². The summed E-state index contributed by atoms with van der Waals surface area (Å²) >= 11 is 0. The van der Waals surface area contributed by atoms with E-state index in [1.54, 1.807) is 7.11 Å². The van der Waals surface area contributed by atoms with Crippen molar-refractivity contribution < 1.29 is 4.74 Å². The van der Waals surface area contributed by atoms with Crippen molar-refractivity contribution >= 4 is 0 Å². The monoisotopic (exact) mass is 234 g/mol. The van der Waals surface area contributed by atoms with Gasteiger partial charge in [-0.2, -0.15) is 0 Å². The molecule has 1 saturated heterocycles. The summed E-state index contributed by atoms with van der Waals surface area (Å²) in [5.74, 6) is 0.920. The van der Waals surface area contributed by atoms with Crippen LogP contribution < -0.4 is 10.5 Å². The first-order valence-electron chi connectivity index (χ1n) is 6.17. The van der Waals surface area contributed by atoms with Gasteiger partial charge in [-0.25, -0.2) is 0 Å². The molecule has 2 rings (SSSR count). The lowest BCUT2D eigenvalue weighted by molar-refractivity contribution is 0.154. The molecule has 0 radical (unpaired) electrons. The molecule has 3 heteroatoms. The van der Waals surface area contributed by atoms with E-state index in [0.29, 0.717) is 0 Å². The number of rotatable bonds is 3. The highest BCUT2D eigenvalue weighted by molar-refractivity contribution is 5.28. The van der Waals surface area contributed by atoms with E-state index in [-0.39, 0.29) is 11.6 Å². The topological polar surface area (TPSA) is 38.5 Å². The van der Waals surface area contributed by atoms with Crippen LogP contribution in [0.3, 0.4) is 0 Å². The molecule has 1 atom stereocenters. The number of nitrogens with two attached hydrogens (primary N) is 1. The predicted molar refractivity (Wildman–Crippen MR) is 70.1 cm³/mol. The molecule has 2 N–H and O–H groups in total. The molecule has 1 aromatic rings. The van der Waals surface area contributed by atoms with Crippen LogP contribution in [0.25, 0.3) is 0 Å². The lowest BCUT2D eigenvalue weighted by atomic mass is 9.96. The molecule has 17 heavy (non-hydrogen) atoms. The molecule has 0 spiro atoms. The van der Waals surface area contributed by atoms with Gasteiger partial charge in [0.1, 0.15) is 5.75 Å². The van der Waals surface area contributed by atoms with Crippen LogP contribution in [0.5, 0.6) is 5.75 Å². The van der Waals surface area contributed by atoms with E-state index in [2.05, 4.69) is 30.9 Å². The van der Waals surface area contributed by atoms with E-state index in [1.807, 2.05) is 12.1 Å². The fourth-order valence-corrected chi connectivity index (χ4v) is 2.44. The molecule has 0 amide bonds. The van der Waals surface area contributed by atoms with Crippen molar-refractivity contribution in [3.63, 3.8) is 0 Å². The minimum atomic E-state index is 0.0864. The van der Waals surface area contributed by atoms with Crippen molar-refractivity contribution in [1.82, 2.24) is 4.90 Å². The molecule has 1 aliphatic heterocycles. The van der Waals surface area contributed by atoms with Crippen molar-refractivity contribution in [2.75, 3.05) is 13.7 Å². The third-order valence-corrected chi connectivity index (χ3v) is 3.94. The van der Waals surface area contributed by atoms with Gasteiger partial charge in [-0.15, -0.1) is 0 Å². The Bertz CT molecular complexity index is 390. The minimum Gasteiger partial charge on any atom is -0.497 e. The molecule has 94 valence electrons. The second kappa shape index (κ2) is 4.67. The van der Waals surface area contributed by atoms with Crippen molar-refractivity contribution in [1.29, 1.82) is 0 Å². The Labute approximate surface area is 104 Å². The molecule has 0 bridgehead atoms. The highest BCUT2D eigenvalue weighted by Gasteiger charge is 2.38. The Morgan fingerprint density at radius 2 is 2.24 bits per heavy atom. The molecule has 0 aromatic heterocycles. The largest absolute Gasteiger partial charge is 0.497 e. The molecule has 3 nitrogen and oxygen atoms in total. The average Bonchev–Trinajstić information content (AvgIpc) is 2.56. The van der Waals surface area contributed by atoms with Crippen LogP contribution in [0.15, 0.2) is 24.3 Å². The summed E-state index contributed by atoms with van der Waals surface area (Å²) in [6, 6.07) is 8.53. The zero-order valence-corrected chi connectivity index (χ0v) is 10.9. The van der Waals surface area contributed by atoms with Gasteiger partial charge in [-0.1, -0.05) is 12.1 Å². The van der Waals surface area contributed by atoms with Crippen molar-refractivity contribution in [3.05, 3.63) is 29.8 Å². The van der Waals surface area contributed by atoms with Crippen LogP contribution >= 0.6 is 0 Å². The summed E-state index contributed by atoms with van der Waals surface area (Å²) < 4.78 is 5.25. The maximum absolute atomic E-state index is 6.15. The number of hydrogen-bond donors (Lipinski definition) is 1. The van der Waals surface area contributed by atoms with E-state index in [0.717, 1.165) is 25.3 Å². The Kier molecular flexibility index (Phi) is 3.40. The molecule has 1 unspecified atom stereocenters. The second-order valence-electron chi connectivity index (χ2n) is 5.32. The van der Waals surface area contributed by atoms with Gasteiger partial charge in [0.2, 0.25) is 0 Å². The summed E-state index contributed by atoms with van der Waals surface area (Å²) in [5.41, 5.74) is 7.52. The lowest BCUT2D eigenvalue weighted by Gasteiger charge is -2.34. The smallest absolute Gasteiger partial charge is 0.119 e. The second-order valence-corrected chi connectivity index (χ2v) is 5.32. The zero-order chi connectivity index (χ0) is 12.5. The number of likely N-dealkylation sites (tertiary alicyclic amines) is 1. The quantitative estimate of drug-likeness (QED) is 0.869. The molecule has 0 aliphatic carbocycles. The predicted octanol–water partition coefficient (Wildman–Crippen LogP) is 2.01. The maximum Gasteiger partial charge on any atom is 0.119 e. The summed E-state index contributed by atoms with van der Waals surface area (Å²) in [6.07, 6.45) is 1.08. The van der Waals surface area contributed by atoms with Gasteiger partial charge >= 0.3 is 0 Å². The molecule has 1 fully saturated rings. The number of hydrogen-bond acceptors (Lipinski definition) is 3. The minimum absolute atomic E-state index is 0.0864. The fraction of sp³-hybridized carbons (Fsp3) is 0.571. The first-order chi connectivity index (χ1) is 8.04. The van der Waals surface area contributed by atoms with Crippen LogP contribution in [0.1, 0.15) is 25.8 Å². The molecule has 0 saturated carbocycles. The number of ether oxygens (including phenoxy) is 1. The Balaban J connectivity index is 2.10. The van der Waals surface area contributed by atoms with Crippen LogP contribution in [-0.4, -0.2) is 30.1 Å². The summed E-state index contributed by atoms with van der Waals surface area (Å²) in [6.45, 7) is 6.47. The first kappa shape index (κ1) is 12.4. The fourth-order valence-electron chi connectivity index (χ4n) is 2.44. The van der Waals surface area contributed by atoms with Gasteiger partial charge in [0.25, 0.3) is 0 Å². The summed E-state index contributed by atoms with van der Waals surface area (Å²) in [5, 5.41) is 0. The lowest BCUT2D eigenvalue weighted by Crippen LogP contribution is -2.48. The van der Waals surface area contributed by atoms with Gasteiger partial charge in [-0.05, 0) is 38.0 Å². The van der Waals surface area contributed by atoms with Crippen LogP contribution in [0.4, 0.5) is 0 Å². The third-order valence-electron chi connectivity index (χ3n) is 3.94. The molecule has 1 aromatic carbocycles. The van der Waals surface area contributed by atoms with Gasteiger partial charge in [-0.3, -0.25) is 4.90 Å². The van der Waals surface area contributed by atoms with E-state index in [4.69, 9.17) is 10.5 Å². The van der Waals surface area contributed by atoms with Gasteiger partial charge < -0.3 is 10.5 Å².